The lowest BCUT2D eigenvalue weighted by atomic mass is 10.1. The SMILES string of the molecule is Cc1cc(Cl)c(NCC(C)C(=O)O)cc1Cl. The number of anilines is 1. The molecule has 2 N–H and O–H groups in total. The van der Waals surface area contributed by atoms with Crippen LogP contribution < -0.4 is 5.32 Å². The number of carbonyl (C=O) groups is 1. The van der Waals surface area contributed by atoms with E-state index in [1.54, 1.807) is 19.1 Å². The van der Waals surface area contributed by atoms with Gasteiger partial charge in [0, 0.05) is 11.6 Å². The zero-order chi connectivity index (χ0) is 12.3. The number of halogens is 2. The van der Waals surface area contributed by atoms with Gasteiger partial charge in [-0.2, -0.15) is 0 Å². The Morgan fingerprint density at radius 3 is 2.62 bits per heavy atom. The first-order chi connectivity index (χ1) is 7.41. The van der Waals surface area contributed by atoms with Crippen molar-refractivity contribution in [2.45, 2.75) is 13.8 Å². The Bertz CT molecular complexity index is 407. The highest BCUT2D eigenvalue weighted by Crippen LogP contribution is 2.28. The van der Waals surface area contributed by atoms with Crippen LogP contribution in [-0.4, -0.2) is 17.6 Å². The van der Waals surface area contributed by atoms with E-state index in [4.69, 9.17) is 28.3 Å². The lowest BCUT2D eigenvalue weighted by Crippen LogP contribution is -2.19. The standard InChI is InChI=1S/C11H13Cl2NO2/c1-6-3-9(13)10(4-8(6)12)14-5-7(2)11(15)16/h3-4,7,14H,5H2,1-2H3,(H,15,16). The number of benzene rings is 1. The number of hydrogen-bond acceptors (Lipinski definition) is 2. The van der Waals surface area contributed by atoms with Crippen LogP contribution in [0.15, 0.2) is 12.1 Å². The third kappa shape index (κ3) is 3.29. The monoisotopic (exact) mass is 261 g/mol. The molecule has 0 saturated heterocycles. The molecule has 1 atom stereocenters. The molecule has 1 unspecified atom stereocenters. The van der Waals surface area contributed by atoms with Crippen molar-refractivity contribution in [2.75, 3.05) is 11.9 Å². The van der Waals surface area contributed by atoms with Crippen molar-refractivity contribution in [3.8, 4) is 0 Å². The van der Waals surface area contributed by atoms with E-state index in [2.05, 4.69) is 5.32 Å². The molecule has 88 valence electrons. The number of carboxylic acids is 1. The number of hydrogen-bond donors (Lipinski definition) is 2. The summed E-state index contributed by atoms with van der Waals surface area (Å²) >= 11 is 11.9. The van der Waals surface area contributed by atoms with Gasteiger partial charge in [0.15, 0.2) is 0 Å². The zero-order valence-corrected chi connectivity index (χ0v) is 10.6. The van der Waals surface area contributed by atoms with Gasteiger partial charge in [0.2, 0.25) is 0 Å². The summed E-state index contributed by atoms with van der Waals surface area (Å²) in [7, 11) is 0. The van der Waals surface area contributed by atoms with Gasteiger partial charge in [-0.15, -0.1) is 0 Å². The van der Waals surface area contributed by atoms with Crippen LogP contribution in [0.1, 0.15) is 12.5 Å². The van der Waals surface area contributed by atoms with Gasteiger partial charge < -0.3 is 10.4 Å². The number of rotatable bonds is 4. The van der Waals surface area contributed by atoms with Gasteiger partial charge in [-0.05, 0) is 24.6 Å². The first kappa shape index (κ1) is 13.1. The summed E-state index contributed by atoms with van der Waals surface area (Å²) in [5.74, 6) is -1.32. The van der Waals surface area contributed by atoms with Crippen molar-refractivity contribution >= 4 is 34.9 Å². The topological polar surface area (TPSA) is 49.3 Å². The Morgan fingerprint density at radius 2 is 2.06 bits per heavy atom. The summed E-state index contributed by atoms with van der Waals surface area (Å²) in [5, 5.41) is 12.8. The summed E-state index contributed by atoms with van der Waals surface area (Å²) < 4.78 is 0. The second kappa shape index (κ2) is 5.41. The van der Waals surface area contributed by atoms with Crippen molar-refractivity contribution in [1.29, 1.82) is 0 Å². The molecule has 0 amide bonds. The molecule has 1 rings (SSSR count). The van der Waals surface area contributed by atoms with Crippen molar-refractivity contribution in [3.63, 3.8) is 0 Å². The largest absolute Gasteiger partial charge is 0.481 e. The molecule has 0 aliphatic heterocycles. The van der Waals surface area contributed by atoms with E-state index >= 15 is 0 Å². The molecule has 0 aliphatic rings. The van der Waals surface area contributed by atoms with Gasteiger partial charge in [0.25, 0.3) is 0 Å². The lowest BCUT2D eigenvalue weighted by Gasteiger charge is -2.12. The normalized spacial score (nSPS) is 12.2. The molecular weight excluding hydrogens is 249 g/mol. The minimum absolute atomic E-state index is 0.314. The molecule has 1 aromatic rings. The summed E-state index contributed by atoms with van der Waals surface area (Å²) in [5.41, 5.74) is 1.55. The lowest BCUT2D eigenvalue weighted by molar-refractivity contribution is -0.140. The van der Waals surface area contributed by atoms with Gasteiger partial charge in [-0.3, -0.25) is 4.79 Å². The molecule has 16 heavy (non-hydrogen) atoms. The maximum Gasteiger partial charge on any atom is 0.308 e. The Labute approximate surface area is 104 Å². The van der Waals surface area contributed by atoms with Crippen LogP contribution in [0.5, 0.6) is 0 Å². The Hall–Kier alpha value is -0.930. The van der Waals surface area contributed by atoms with E-state index < -0.39 is 11.9 Å². The third-order valence-corrected chi connectivity index (χ3v) is 2.99. The van der Waals surface area contributed by atoms with Crippen molar-refractivity contribution in [3.05, 3.63) is 27.7 Å². The van der Waals surface area contributed by atoms with E-state index in [-0.39, 0.29) is 0 Å². The molecule has 0 spiro atoms. The van der Waals surface area contributed by atoms with E-state index in [1.807, 2.05) is 6.92 Å². The molecule has 0 aromatic heterocycles. The number of carboxylic acid groups (broad SMARTS) is 1. The van der Waals surface area contributed by atoms with E-state index in [9.17, 15) is 4.79 Å². The molecule has 5 heteroatoms. The van der Waals surface area contributed by atoms with Crippen molar-refractivity contribution in [2.24, 2.45) is 5.92 Å². The fourth-order valence-corrected chi connectivity index (χ4v) is 1.58. The summed E-state index contributed by atoms with van der Waals surface area (Å²) in [6.45, 7) is 3.80. The van der Waals surface area contributed by atoms with E-state index in [0.717, 1.165) is 5.56 Å². The quantitative estimate of drug-likeness (QED) is 0.873. The molecule has 0 aliphatic carbocycles. The summed E-state index contributed by atoms with van der Waals surface area (Å²) in [6, 6.07) is 3.45. The van der Waals surface area contributed by atoms with Crippen molar-refractivity contribution < 1.29 is 9.90 Å². The Kier molecular flexibility index (Phi) is 4.44. The predicted molar refractivity (Wildman–Crippen MR) is 66.5 cm³/mol. The van der Waals surface area contributed by atoms with E-state index in [0.29, 0.717) is 22.3 Å². The smallest absolute Gasteiger partial charge is 0.308 e. The molecule has 0 heterocycles. The fourth-order valence-electron chi connectivity index (χ4n) is 1.13. The first-order valence-corrected chi connectivity index (χ1v) is 5.59. The van der Waals surface area contributed by atoms with Gasteiger partial charge >= 0.3 is 5.97 Å². The predicted octanol–water partition coefficient (Wildman–Crippen LogP) is 3.43. The molecular formula is C11H13Cl2NO2. The molecule has 0 fully saturated rings. The molecule has 0 bridgehead atoms. The third-order valence-electron chi connectivity index (χ3n) is 2.27. The van der Waals surface area contributed by atoms with Crippen LogP contribution in [-0.2, 0) is 4.79 Å². The van der Waals surface area contributed by atoms with Crippen LogP contribution in [0.3, 0.4) is 0 Å². The second-order valence-corrected chi connectivity index (χ2v) is 4.52. The Balaban J connectivity index is 2.74. The Morgan fingerprint density at radius 1 is 1.44 bits per heavy atom. The second-order valence-electron chi connectivity index (χ2n) is 3.70. The number of aryl methyl sites for hydroxylation is 1. The molecule has 0 saturated carbocycles. The van der Waals surface area contributed by atoms with E-state index in [1.165, 1.54) is 0 Å². The van der Waals surface area contributed by atoms with Crippen LogP contribution in [0.4, 0.5) is 5.69 Å². The minimum Gasteiger partial charge on any atom is -0.481 e. The average molecular weight is 262 g/mol. The van der Waals surface area contributed by atoms with Gasteiger partial charge in [-0.25, -0.2) is 0 Å². The highest BCUT2D eigenvalue weighted by atomic mass is 35.5. The number of aliphatic carboxylic acids is 1. The van der Waals surface area contributed by atoms with Gasteiger partial charge in [-0.1, -0.05) is 30.1 Å². The highest BCUT2D eigenvalue weighted by molar-refractivity contribution is 6.35. The van der Waals surface area contributed by atoms with Gasteiger partial charge in [0.05, 0.1) is 16.6 Å². The van der Waals surface area contributed by atoms with Crippen LogP contribution in [0, 0.1) is 12.8 Å². The number of nitrogens with one attached hydrogen (secondary N) is 1. The maximum absolute atomic E-state index is 10.6. The first-order valence-electron chi connectivity index (χ1n) is 4.84. The molecule has 3 nitrogen and oxygen atoms in total. The zero-order valence-electron chi connectivity index (χ0n) is 9.05. The summed E-state index contributed by atoms with van der Waals surface area (Å²) in [6.07, 6.45) is 0. The molecule has 0 radical (unpaired) electrons. The fraction of sp³-hybridized carbons (Fsp3) is 0.364. The summed E-state index contributed by atoms with van der Waals surface area (Å²) in [4.78, 5) is 10.6. The van der Waals surface area contributed by atoms with Crippen LogP contribution >= 0.6 is 23.2 Å². The average Bonchev–Trinajstić information content (AvgIpc) is 2.20. The van der Waals surface area contributed by atoms with Crippen LogP contribution in [0.25, 0.3) is 0 Å². The highest BCUT2D eigenvalue weighted by Gasteiger charge is 2.11. The minimum atomic E-state index is -0.846. The van der Waals surface area contributed by atoms with Gasteiger partial charge in [0.1, 0.15) is 0 Å². The van der Waals surface area contributed by atoms with Crippen molar-refractivity contribution in [1.82, 2.24) is 0 Å². The molecule has 1 aromatic carbocycles. The maximum atomic E-state index is 10.6. The van der Waals surface area contributed by atoms with Crippen LogP contribution in [0.2, 0.25) is 10.0 Å².